The Morgan fingerprint density at radius 3 is 2.64 bits per heavy atom. The summed E-state index contributed by atoms with van der Waals surface area (Å²) in [4.78, 5) is 11.9. The maximum absolute atomic E-state index is 11.9. The molecule has 1 heterocycles. The Labute approximate surface area is 130 Å². The second kappa shape index (κ2) is 7.26. The molecule has 114 valence electrons. The summed E-state index contributed by atoms with van der Waals surface area (Å²) in [6.07, 6.45) is 3.72. The fourth-order valence-electron chi connectivity index (χ4n) is 1.96. The first-order valence-corrected chi connectivity index (χ1v) is 7.02. The number of hydrogen-bond donors (Lipinski definition) is 2. The molecule has 1 amide bonds. The van der Waals surface area contributed by atoms with Crippen molar-refractivity contribution in [2.75, 3.05) is 0 Å². The zero-order valence-electron chi connectivity index (χ0n) is 12.8. The largest absolute Gasteiger partial charge is 0.299 e. The maximum atomic E-state index is 11.9. The second-order valence-corrected chi connectivity index (χ2v) is 5.03. The van der Waals surface area contributed by atoms with E-state index in [-0.39, 0.29) is 12.5 Å². The van der Waals surface area contributed by atoms with Crippen molar-refractivity contribution in [2.45, 2.75) is 20.4 Å². The van der Waals surface area contributed by atoms with Gasteiger partial charge in [-0.25, -0.2) is 0 Å². The molecular formula is C17H20N4O. The molecule has 2 rings (SSSR count). The monoisotopic (exact) mass is 296 g/mol. The Bertz CT molecular complexity index is 686. The Morgan fingerprint density at radius 2 is 2.00 bits per heavy atom. The molecule has 0 atom stereocenters. The van der Waals surface area contributed by atoms with Crippen LogP contribution in [0.3, 0.4) is 0 Å². The number of carbonyl (C=O) groups is 1. The van der Waals surface area contributed by atoms with Gasteiger partial charge in [0, 0.05) is 11.4 Å². The van der Waals surface area contributed by atoms with Gasteiger partial charge in [-0.1, -0.05) is 43.0 Å². The van der Waals surface area contributed by atoms with E-state index in [0.29, 0.717) is 5.70 Å². The van der Waals surface area contributed by atoms with Crippen LogP contribution in [-0.4, -0.2) is 15.7 Å². The van der Waals surface area contributed by atoms with Crippen molar-refractivity contribution in [3.05, 3.63) is 71.7 Å². The SMILES string of the molecule is C=C(C=Cc1ccccc1)NNC(=O)Cn1nc(C)cc1C. The summed E-state index contributed by atoms with van der Waals surface area (Å²) in [6.45, 7) is 7.82. The van der Waals surface area contributed by atoms with E-state index in [4.69, 9.17) is 0 Å². The molecule has 0 fully saturated rings. The minimum atomic E-state index is -0.180. The lowest BCUT2D eigenvalue weighted by molar-refractivity contribution is -0.122. The summed E-state index contributed by atoms with van der Waals surface area (Å²) < 4.78 is 1.66. The highest BCUT2D eigenvalue weighted by molar-refractivity contribution is 5.75. The molecule has 2 N–H and O–H groups in total. The van der Waals surface area contributed by atoms with Crippen LogP contribution in [0.1, 0.15) is 17.0 Å². The van der Waals surface area contributed by atoms with Gasteiger partial charge in [0.25, 0.3) is 5.91 Å². The zero-order valence-corrected chi connectivity index (χ0v) is 12.8. The number of carbonyl (C=O) groups excluding carboxylic acids is 1. The lowest BCUT2D eigenvalue weighted by atomic mass is 10.2. The van der Waals surface area contributed by atoms with Crippen molar-refractivity contribution < 1.29 is 4.79 Å². The highest BCUT2D eigenvalue weighted by atomic mass is 16.2. The van der Waals surface area contributed by atoms with E-state index in [2.05, 4.69) is 22.5 Å². The van der Waals surface area contributed by atoms with Crippen LogP contribution in [0.5, 0.6) is 0 Å². The molecule has 0 spiro atoms. The van der Waals surface area contributed by atoms with E-state index in [9.17, 15) is 4.79 Å². The van der Waals surface area contributed by atoms with Crippen LogP contribution >= 0.6 is 0 Å². The van der Waals surface area contributed by atoms with Gasteiger partial charge < -0.3 is 0 Å². The standard InChI is InChI=1S/C17H20N4O/c1-13(9-10-16-7-5-4-6-8-16)18-19-17(22)12-21-15(3)11-14(2)20-21/h4-11,18H,1,12H2,2-3H3,(H,19,22). The minimum Gasteiger partial charge on any atom is -0.299 e. The number of nitrogens with zero attached hydrogens (tertiary/aromatic N) is 2. The molecule has 5 nitrogen and oxygen atoms in total. The first-order chi connectivity index (χ1) is 10.5. The molecular weight excluding hydrogens is 276 g/mol. The molecule has 2 aromatic rings. The number of nitrogens with one attached hydrogen (secondary N) is 2. The van der Waals surface area contributed by atoms with E-state index in [1.54, 1.807) is 10.8 Å². The lowest BCUT2D eigenvalue weighted by Crippen LogP contribution is -2.38. The molecule has 1 aromatic carbocycles. The fraction of sp³-hybridized carbons (Fsp3) is 0.176. The predicted molar refractivity (Wildman–Crippen MR) is 87.6 cm³/mol. The number of allylic oxidation sites excluding steroid dienone is 1. The number of aromatic nitrogens is 2. The number of hydrazine groups is 1. The average molecular weight is 296 g/mol. The molecule has 0 saturated heterocycles. The third kappa shape index (κ3) is 4.63. The molecule has 0 unspecified atom stereocenters. The lowest BCUT2D eigenvalue weighted by Gasteiger charge is -2.09. The van der Waals surface area contributed by atoms with Gasteiger partial charge in [0.15, 0.2) is 0 Å². The average Bonchev–Trinajstić information content (AvgIpc) is 2.82. The molecule has 5 heteroatoms. The van der Waals surface area contributed by atoms with Crippen LogP contribution in [0.4, 0.5) is 0 Å². The fourth-order valence-corrected chi connectivity index (χ4v) is 1.96. The Morgan fingerprint density at radius 1 is 1.27 bits per heavy atom. The molecule has 0 bridgehead atoms. The summed E-state index contributed by atoms with van der Waals surface area (Å²) in [7, 11) is 0. The van der Waals surface area contributed by atoms with Gasteiger partial charge in [0.2, 0.25) is 0 Å². The Hall–Kier alpha value is -2.82. The first-order valence-electron chi connectivity index (χ1n) is 7.02. The Balaban J connectivity index is 1.80. The van der Waals surface area contributed by atoms with Gasteiger partial charge in [0.05, 0.1) is 5.69 Å². The van der Waals surface area contributed by atoms with Crippen molar-refractivity contribution in [3.8, 4) is 0 Å². The maximum Gasteiger partial charge on any atom is 0.260 e. The number of benzene rings is 1. The third-order valence-corrected chi connectivity index (χ3v) is 3.04. The van der Waals surface area contributed by atoms with E-state index in [1.807, 2.05) is 56.3 Å². The Kier molecular flexibility index (Phi) is 5.14. The topological polar surface area (TPSA) is 58.9 Å². The van der Waals surface area contributed by atoms with Crippen molar-refractivity contribution in [2.24, 2.45) is 0 Å². The van der Waals surface area contributed by atoms with Crippen LogP contribution in [-0.2, 0) is 11.3 Å². The van der Waals surface area contributed by atoms with Crippen molar-refractivity contribution in [1.82, 2.24) is 20.6 Å². The van der Waals surface area contributed by atoms with Crippen LogP contribution in [0, 0.1) is 13.8 Å². The number of aryl methyl sites for hydroxylation is 2. The summed E-state index contributed by atoms with van der Waals surface area (Å²) in [5.41, 5.74) is 8.90. The number of rotatable bonds is 6. The summed E-state index contributed by atoms with van der Waals surface area (Å²) in [5, 5.41) is 4.24. The van der Waals surface area contributed by atoms with Crippen LogP contribution in [0.25, 0.3) is 6.08 Å². The van der Waals surface area contributed by atoms with Gasteiger partial charge in [-0.2, -0.15) is 5.10 Å². The molecule has 0 aliphatic heterocycles. The molecule has 0 radical (unpaired) electrons. The molecule has 1 aromatic heterocycles. The van der Waals surface area contributed by atoms with Crippen LogP contribution in [0.15, 0.2) is 54.8 Å². The number of amides is 1. The number of hydrogen-bond acceptors (Lipinski definition) is 3. The van der Waals surface area contributed by atoms with Gasteiger partial charge in [-0.15, -0.1) is 0 Å². The molecule has 0 aliphatic carbocycles. The summed E-state index contributed by atoms with van der Waals surface area (Å²) in [5.74, 6) is -0.180. The third-order valence-electron chi connectivity index (χ3n) is 3.04. The highest BCUT2D eigenvalue weighted by Crippen LogP contribution is 2.03. The van der Waals surface area contributed by atoms with Crippen molar-refractivity contribution in [1.29, 1.82) is 0 Å². The van der Waals surface area contributed by atoms with E-state index in [0.717, 1.165) is 17.0 Å². The van der Waals surface area contributed by atoms with E-state index in [1.165, 1.54) is 0 Å². The van der Waals surface area contributed by atoms with Crippen molar-refractivity contribution in [3.63, 3.8) is 0 Å². The molecule has 22 heavy (non-hydrogen) atoms. The minimum absolute atomic E-state index is 0.169. The normalized spacial score (nSPS) is 10.6. The quantitative estimate of drug-likeness (QED) is 0.635. The zero-order chi connectivity index (χ0) is 15.9. The smallest absolute Gasteiger partial charge is 0.260 e. The van der Waals surface area contributed by atoms with Crippen LogP contribution < -0.4 is 10.9 Å². The van der Waals surface area contributed by atoms with E-state index >= 15 is 0 Å². The predicted octanol–water partition coefficient (Wildman–Crippen LogP) is 2.35. The van der Waals surface area contributed by atoms with E-state index < -0.39 is 0 Å². The van der Waals surface area contributed by atoms with Gasteiger partial charge in [0.1, 0.15) is 6.54 Å². The second-order valence-electron chi connectivity index (χ2n) is 5.03. The highest BCUT2D eigenvalue weighted by Gasteiger charge is 2.06. The van der Waals surface area contributed by atoms with Gasteiger partial charge in [-0.05, 0) is 31.6 Å². The van der Waals surface area contributed by atoms with Crippen LogP contribution in [0.2, 0.25) is 0 Å². The summed E-state index contributed by atoms with van der Waals surface area (Å²) >= 11 is 0. The summed E-state index contributed by atoms with van der Waals surface area (Å²) in [6, 6.07) is 11.8. The molecule has 0 aliphatic rings. The van der Waals surface area contributed by atoms with Gasteiger partial charge in [-0.3, -0.25) is 20.3 Å². The van der Waals surface area contributed by atoms with Crippen molar-refractivity contribution >= 4 is 12.0 Å². The van der Waals surface area contributed by atoms with Gasteiger partial charge >= 0.3 is 0 Å². The molecule has 0 saturated carbocycles. The first kappa shape index (κ1) is 15.6.